The van der Waals surface area contributed by atoms with E-state index in [1.807, 2.05) is 45.0 Å². The minimum Gasteiger partial charge on any atom is -0.478 e. The molecule has 0 saturated heterocycles. The number of nitrogens with one attached hydrogen (secondary N) is 2. The van der Waals surface area contributed by atoms with E-state index in [4.69, 9.17) is 0 Å². The minimum absolute atomic E-state index is 0.0752. The smallest absolute Gasteiger partial charge is 0.336 e. The maximum atomic E-state index is 13.1. The second-order valence-electron chi connectivity index (χ2n) is 8.49. The summed E-state index contributed by atoms with van der Waals surface area (Å²) < 4.78 is 0. The van der Waals surface area contributed by atoms with Crippen LogP contribution in [0, 0.1) is 13.8 Å². The number of fused-ring (bicyclic) bond motifs is 1. The fourth-order valence-electron chi connectivity index (χ4n) is 3.93. The molecule has 36 heavy (non-hydrogen) atoms. The van der Waals surface area contributed by atoms with Gasteiger partial charge < -0.3 is 15.7 Å². The molecule has 0 spiro atoms. The summed E-state index contributed by atoms with van der Waals surface area (Å²) in [5, 5.41) is 16.2. The average Bonchev–Trinajstić information content (AvgIpc) is 2.86. The Kier molecular flexibility index (Phi) is 7.41. The highest BCUT2D eigenvalue weighted by Crippen LogP contribution is 2.29. The third kappa shape index (κ3) is 5.42. The SMILES string of the molecule is Cc1cccc(NC(=O)C(C)Sc2cccc(NC(=O)c3cccc4cccc(C(=O)O)c34)c2)c1C. The first-order valence-electron chi connectivity index (χ1n) is 11.4. The molecular weight excluding hydrogens is 472 g/mol. The number of aryl methyl sites for hydroxylation is 1. The maximum Gasteiger partial charge on any atom is 0.336 e. The topological polar surface area (TPSA) is 95.5 Å². The zero-order valence-corrected chi connectivity index (χ0v) is 21.0. The van der Waals surface area contributed by atoms with E-state index in [0.29, 0.717) is 16.5 Å². The summed E-state index contributed by atoms with van der Waals surface area (Å²) in [7, 11) is 0. The van der Waals surface area contributed by atoms with Crippen molar-refractivity contribution in [2.24, 2.45) is 0 Å². The molecule has 4 aromatic rings. The van der Waals surface area contributed by atoms with Gasteiger partial charge in [-0.25, -0.2) is 4.79 Å². The number of carboxylic acid groups (broad SMARTS) is 1. The van der Waals surface area contributed by atoms with Gasteiger partial charge >= 0.3 is 5.97 Å². The largest absolute Gasteiger partial charge is 0.478 e. The van der Waals surface area contributed by atoms with Crippen molar-refractivity contribution in [2.45, 2.75) is 30.9 Å². The van der Waals surface area contributed by atoms with Crippen LogP contribution in [0.2, 0.25) is 0 Å². The molecule has 0 heterocycles. The molecule has 1 atom stereocenters. The van der Waals surface area contributed by atoms with E-state index >= 15 is 0 Å². The monoisotopic (exact) mass is 498 g/mol. The first kappa shape index (κ1) is 25.0. The molecular formula is C29H26N2O4S. The highest BCUT2D eigenvalue weighted by atomic mass is 32.2. The predicted octanol–water partition coefficient (Wildman–Crippen LogP) is 6.53. The second-order valence-corrected chi connectivity index (χ2v) is 9.91. The molecule has 6 nitrogen and oxygen atoms in total. The van der Waals surface area contributed by atoms with Crippen molar-refractivity contribution in [3.63, 3.8) is 0 Å². The molecule has 0 aliphatic heterocycles. The van der Waals surface area contributed by atoms with Gasteiger partial charge in [-0.05, 0) is 73.7 Å². The molecule has 0 aliphatic carbocycles. The number of amides is 2. The van der Waals surface area contributed by atoms with E-state index < -0.39 is 11.9 Å². The molecule has 0 aromatic heterocycles. The third-order valence-corrected chi connectivity index (χ3v) is 7.11. The minimum atomic E-state index is -1.09. The Hall–Kier alpha value is -4.10. The summed E-state index contributed by atoms with van der Waals surface area (Å²) in [5.41, 5.74) is 3.85. The van der Waals surface area contributed by atoms with E-state index in [0.717, 1.165) is 21.7 Å². The zero-order chi connectivity index (χ0) is 25.8. The summed E-state index contributed by atoms with van der Waals surface area (Å²) in [6, 6.07) is 23.1. The summed E-state index contributed by atoms with van der Waals surface area (Å²) in [6.45, 7) is 5.81. The lowest BCUT2D eigenvalue weighted by Gasteiger charge is -2.15. The molecule has 7 heteroatoms. The Morgan fingerprint density at radius 3 is 2.22 bits per heavy atom. The Morgan fingerprint density at radius 2 is 1.50 bits per heavy atom. The van der Waals surface area contributed by atoms with Gasteiger partial charge in [-0.15, -0.1) is 11.8 Å². The second kappa shape index (κ2) is 10.7. The van der Waals surface area contributed by atoms with Crippen LogP contribution in [0.5, 0.6) is 0 Å². The molecule has 3 N–H and O–H groups in total. The van der Waals surface area contributed by atoms with Crippen molar-refractivity contribution in [1.82, 2.24) is 0 Å². The van der Waals surface area contributed by atoms with E-state index in [1.54, 1.807) is 48.5 Å². The molecule has 0 bridgehead atoms. The summed E-state index contributed by atoms with van der Waals surface area (Å²) in [4.78, 5) is 38.5. The predicted molar refractivity (Wildman–Crippen MR) is 145 cm³/mol. The van der Waals surface area contributed by atoms with E-state index in [2.05, 4.69) is 10.6 Å². The normalized spacial score (nSPS) is 11.6. The molecule has 0 fully saturated rings. The van der Waals surface area contributed by atoms with Gasteiger partial charge in [0.15, 0.2) is 0 Å². The highest BCUT2D eigenvalue weighted by molar-refractivity contribution is 8.00. The van der Waals surface area contributed by atoms with E-state index in [9.17, 15) is 19.5 Å². The van der Waals surface area contributed by atoms with Crippen LogP contribution in [0.4, 0.5) is 11.4 Å². The van der Waals surface area contributed by atoms with Crippen LogP contribution in [0.3, 0.4) is 0 Å². The maximum absolute atomic E-state index is 13.1. The van der Waals surface area contributed by atoms with E-state index in [1.165, 1.54) is 17.8 Å². The van der Waals surface area contributed by atoms with Crippen LogP contribution in [-0.4, -0.2) is 28.1 Å². The van der Waals surface area contributed by atoms with Gasteiger partial charge in [-0.1, -0.05) is 42.5 Å². The van der Waals surface area contributed by atoms with Gasteiger partial charge in [-0.2, -0.15) is 0 Å². The Labute approximate surface area is 213 Å². The van der Waals surface area contributed by atoms with Gasteiger partial charge in [0.2, 0.25) is 5.91 Å². The molecule has 0 radical (unpaired) electrons. The Morgan fingerprint density at radius 1 is 0.833 bits per heavy atom. The number of carbonyl (C=O) groups excluding carboxylic acids is 2. The number of hydrogen-bond acceptors (Lipinski definition) is 4. The van der Waals surface area contributed by atoms with Gasteiger partial charge in [0.1, 0.15) is 0 Å². The summed E-state index contributed by atoms with van der Waals surface area (Å²) in [5.74, 6) is -1.61. The summed E-state index contributed by atoms with van der Waals surface area (Å²) in [6.07, 6.45) is 0. The average molecular weight is 499 g/mol. The highest BCUT2D eigenvalue weighted by Gasteiger charge is 2.18. The lowest BCUT2D eigenvalue weighted by atomic mass is 9.98. The zero-order valence-electron chi connectivity index (χ0n) is 20.2. The number of aromatic carboxylic acids is 1. The van der Waals surface area contributed by atoms with Crippen molar-refractivity contribution >= 4 is 51.7 Å². The van der Waals surface area contributed by atoms with Gasteiger partial charge in [0.05, 0.1) is 10.8 Å². The van der Waals surface area contributed by atoms with Crippen molar-refractivity contribution < 1.29 is 19.5 Å². The van der Waals surface area contributed by atoms with Crippen molar-refractivity contribution in [3.8, 4) is 0 Å². The Bertz CT molecular complexity index is 1480. The van der Waals surface area contributed by atoms with Crippen molar-refractivity contribution in [2.75, 3.05) is 10.6 Å². The van der Waals surface area contributed by atoms with Crippen LogP contribution >= 0.6 is 11.8 Å². The number of anilines is 2. The number of thioether (sulfide) groups is 1. The van der Waals surface area contributed by atoms with Crippen LogP contribution in [-0.2, 0) is 4.79 Å². The Balaban J connectivity index is 1.50. The number of benzene rings is 4. The number of carbonyl (C=O) groups is 3. The van der Waals surface area contributed by atoms with Crippen LogP contribution in [0.1, 0.15) is 38.8 Å². The molecule has 4 rings (SSSR count). The van der Waals surface area contributed by atoms with Crippen LogP contribution < -0.4 is 10.6 Å². The van der Waals surface area contributed by atoms with Crippen LogP contribution in [0.15, 0.2) is 83.8 Å². The quantitative estimate of drug-likeness (QED) is 0.252. The lowest BCUT2D eigenvalue weighted by Crippen LogP contribution is -2.23. The third-order valence-electron chi connectivity index (χ3n) is 6.02. The number of carboxylic acids is 1. The molecule has 1 unspecified atom stereocenters. The molecule has 4 aromatic carbocycles. The fraction of sp³-hybridized carbons (Fsp3) is 0.138. The first-order valence-corrected chi connectivity index (χ1v) is 12.3. The molecule has 0 aliphatic rings. The lowest BCUT2D eigenvalue weighted by molar-refractivity contribution is -0.115. The number of rotatable bonds is 7. The first-order chi connectivity index (χ1) is 17.2. The standard InChI is InChI=1S/C29H26N2O4S/c1-17-8-4-15-25(18(17)2)31-27(32)19(3)36-22-12-7-11-21(16-22)30-28(33)23-13-5-9-20-10-6-14-24(26(20)23)29(34)35/h4-16,19H,1-3H3,(H,30,33)(H,31,32)(H,34,35). The van der Waals surface area contributed by atoms with Crippen molar-refractivity contribution in [3.05, 3.63) is 101 Å². The van der Waals surface area contributed by atoms with Gasteiger partial charge in [0, 0.05) is 27.2 Å². The van der Waals surface area contributed by atoms with Crippen molar-refractivity contribution in [1.29, 1.82) is 0 Å². The van der Waals surface area contributed by atoms with Gasteiger partial charge in [-0.3, -0.25) is 9.59 Å². The molecule has 182 valence electrons. The van der Waals surface area contributed by atoms with Crippen LogP contribution in [0.25, 0.3) is 10.8 Å². The summed E-state index contributed by atoms with van der Waals surface area (Å²) >= 11 is 1.39. The fourth-order valence-corrected chi connectivity index (χ4v) is 4.86. The number of hydrogen-bond donors (Lipinski definition) is 3. The molecule has 2 amide bonds. The van der Waals surface area contributed by atoms with E-state index in [-0.39, 0.29) is 22.3 Å². The van der Waals surface area contributed by atoms with Gasteiger partial charge in [0.25, 0.3) is 5.91 Å². The molecule has 0 saturated carbocycles.